The molecule has 0 bridgehead atoms. The third kappa shape index (κ3) is 7.06. The summed E-state index contributed by atoms with van der Waals surface area (Å²) in [4.78, 5) is 30.0. The number of hydrogen-bond donors (Lipinski definition) is 3. The minimum atomic E-state index is -0.629. The highest BCUT2D eigenvalue weighted by Crippen LogP contribution is 2.31. The van der Waals surface area contributed by atoms with E-state index >= 15 is 0 Å². The molecule has 2 amide bonds. The van der Waals surface area contributed by atoms with Crippen LogP contribution in [0.4, 0.5) is 0 Å². The van der Waals surface area contributed by atoms with E-state index in [1.807, 2.05) is 38.1 Å². The highest BCUT2D eigenvalue weighted by molar-refractivity contribution is 14.0. The molecule has 0 radical (unpaired) electrons. The molecule has 3 N–H and O–H groups in total. The number of fused-ring (bicyclic) bond motifs is 1. The van der Waals surface area contributed by atoms with Gasteiger partial charge in [0.05, 0.1) is 18.1 Å². The highest BCUT2D eigenvalue weighted by Gasteiger charge is 2.28. The molecule has 0 aliphatic carbocycles. The molecule has 2 rings (SSSR count). The molecule has 1 aliphatic rings. The lowest BCUT2D eigenvalue weighted by Crippen LogP contribution is -2.48. The zero-order valence-electron chi connectivity index (χ0n) is 17.7. The molecule has 1 atom stereocenters. The molecule has 9 heteroatoms. The second-order valence-corrected chi connectivity index (χ2v) is 7.64. The predicted molar refractivity (Wildman–Crippen MR) is 125 cm³/mol. The molecular weight excluding hydrogens is 485 g/mol. The number of nitrogens with one attached hydrogen (secondary N) is 3. The van der Waals surface area contributed by atoms with Crippen LogP contribution >= 0.6 is 24.0 Å². The summed E-state index contributed by atoms with van der Waals surface area (Å²) in [5.41, 5.74) is 0.420. The van der Waals surface area contributed by atoms with E-state index in [9.17, 15) is 9.59 Å². The van der Waals surface area contributed by atoms with Crippen LogP contribution < -0.4 is 20.7 Å². The van der Waals surface area contributed by atoms with Crippen molar-refractivity contribution in [2.45, 2.75) is 26.3 Å². The fourth-order valence-corrected chi connectivity index (χ4v) is 2.82. The Balaban J connectivity index is 0.00000420. The molecule has 29 heavy (non-hydrogen) atoms. The van der Waals surface area contributed by atoms with Gasteiger partial charge in [-0.1, -0.05) is 18.2 Å². The van der Waals surface area contributed by atoms with Crippen LogP contribution in [0.15, 0.2) is 29.3 Å². The van der Waals surface area contributed by atoms with Crippen LogP contribution in [0.5, 0.6) is 5.75 Å². The number of nitrogens with zero attached hydrogens (tertiary/aromatic N) is 2. The van der Waals surface area contributed by atoms with Crippen LogP contribution in [0, 0.1) is 5.41 Å². The quantitative estimate of drug-likeness (QED) is 0.302. The molecule has 162 valence electrons. The maximum atomic E-state index is 12.1. The Kier molecular flexibility index (Phi) is 9.67. The number of para-hydroxylation sites is 1. The smallest absolute Gasteiger partial charge is 0.243 e. The van der Waals surface area contributed by atoms with Crippen molar-refractivity contribution >= 4 is 41.8 Å². The van der Waals surface area contributed by atoms with E-state index in [0.717, 1.165) is 17.7 Å². The lowest BCUT2D eigenvalue weighted by atomic mass is 9.92. The van der Waals surface area contributed by atoms with E-state index in [0.29, 0.717) is 19.1 Å². The van der Waals surface area contributed by atoms with Crippen LogP contribution in [0.1, 0.15) is 31.9 Å². The normalized spacial score (nSPS) is 15.9. The van der Waals surface area contributed by atoms with Gasteiger partial charge >= 0.3 is 0 Å². The second-order valence-electron chi connectivity index (χ2n) is 7.64. The van der Waals surface area contributed by atoms with E-state index in [1.165, 1.54) is 4.90 Å². The number of aliphatic imine (C=N–C) groups is 1. The number of likely N-dealkylation sites (N-methyl/N-ethyl adjacent to an activating group) is 1. The second kappa shape index (κ2) is 11.2. The van der Waals surface area contributed by atoms with Gasteiger partial charge in [0.15, 0.2) is 5.96 Å². The van der Waals surface area contributed by atoms with Gasteiger partial charge in [0.25, 0.3) is 0 Å². The molecular formula is C20H32IN5O3. The van der Waals surface area contributed by atoms with Crippen LogP contribution in [0.3, 0.4) is 0 Å². The van der Waals surface area contributed by atoms with Gasteiger partial charge in [0, 0.05) is 39.7 Å². The van der Waals surface area contributed by atoms with Crippen LogP contribution in [-0.4, -0.2) is 63.5 Å². The third-order valence-electron chi connectivity index (χ3n) is 4.68. The number of hydrogen-bond acceptors (Lipinski definition) is 4. The lowest BCUT2D eigenvalue weighted by molar-refractivity contribution is -0.128. The number of benzene rings is 1. The highest BCUT2D eigenvalue weighted by atomic mass is 127. The molecule has 8 nitrogen and oxygen atoms in total. The Morgan fingerprint density at radius 1 is 1.28 bits per heavy atom. The number of amides is 2. The standard InChI is InChI=1S/C20H31N5O3.HI/c1-20(2,18(27)21-3)13-23-19(22-12-17(26)25(4)5)24-15-10-11-28-16-9-7-6-8-14(15)16;/h6-9,15H,10-13H2,1-5H3,(H,21,27)(H2,22,23,24);1H. The van der Waals surface area contributed by atoms with Gasteiger partial charge in [-0.2, -0.15) is 0 Å². The average molecular weight is 517 g/mol. The topological polar surface area (TPSA) is 95.1 Å². The minimum Gasteiger partial charge on any atom is -0.493 e. The summed E-state index contributed by atoms with van der Waals surface area (Å²) in [6.45, 7) is 4.70. The Hall–Kier alpha value is -2.04. The molecule has 0 fully saturated rings. The molecule has 1 aromatic rings. The minimum absolute atomic E-state index is 0. The number of carbonyl (C=O) groups is 2. The van der Waals surface area contributed by atoms with Crippen molar-refractivity contribution in [3.8, 4) is 5.75 Å². The molecule has 0 aromatic heterocycles. The van der Waals surface area contributed by atoms with Gasteiger partial charge in [-0.15, -0.1) is 24.0 Å². The van der Waals surface area contributed by atoms with Crippen molar-refractivity contribution in [1.29, 1.82) is 0 Å². The molecule has 1 unspecified atom stereocenters. The van der Waals surface area contributed by atoms with Gasteiger partial charge in [-0.05, 0) is 19.9 Å². The first-order valence-corrected chi connectivity index (χ1v) is 9.43. The number of guanidine groups is 1. The third-order valence-corrected chi connectivity index (χ3v) is 4.68. The van der Waals surface area contributed by atoms with E-state index in [4.69, 9.17) is 4.74 Å². The van der Waals surface area contributed by atoms with Crippen molar-refractivity contribution in [3.63, 3.8) is 0 Å². The summed E-state index contributed by atoms with van der Waals surface area (Å²) in [5, 5.41) is 9.28. The van der Waals surface area contributed by atoms with Crippen molar-refractivity contribution < 1.29 is 14.3 Å². The lowest BCUT2D eigenvalue weighted by Gasteiger charge is -2.29. The molecule has 1 aromatic carbocycles. The van der Waals surface area contributed by atoms with Gasteiger partial charge in [0.1, 0.15) is 12.3 Å². The summed E-state index contributed by atoms with van der Waals surface area (Å²) in [6, 6.07) is 7.88. The summed E-state index contributed by atoms with van der Waals surface area (Å²) >= 11 is 0. The van der Waals surface area contributed by atoms with Gasteiger partial charge in [-0.3, -0.25) is 9.59 Å². The first kappa shape index (κ1) is 25.0. The zero-order valence-corrected chi connectivity index (χ0v) is 20.1. The predicted octanol–water partition coefficient (Wildman–Crippen LogP) is 1.52. The molecule has 0 saturated carbocycles. The van der Waals surface area contributed by atoms with E-state index < -0.39 is 5.41 Å². The Morgan fingerprint density at radius 2 is 1.97 bits per heavy atom. The summed E-state index contributed by atoms with van der Waals surface area (Å²) < 4.78 is 5.71. The van der Waals surface area contributed by atoms with E-state index in [-0.39, 0.29) is 48.4 Å². The van der Waals surface area contributed by atoms with Crippen molar-refractivity contribution in [2.75, 3.05) is 40.8 Å². The molecule has 0 saturated heterocycles. The summed E-state index contributed by atoms with van der Waals surface area (Å²) in [6.07, 6.45) is 0.776. The number of rotatable bonds is 6. The summed E-state index contributed by atoms with van der Waals surface area (Å²) in [7, 11) is 5.01. The maximum Gasteiger partial charge on any atom is 0.243 e. The molecule has 0 spiro atoms. The number of ether oxygens (including phenoxy) is 1. The SMILES string of the molecule is CNC(=O)C(C)(C)CNC(=NCC(=O)N(C)C)NC1CCOc2ccccc21.I. The monoisotopic (exact) mass is 517 g/mol. The fraction of sp³-hybridized carbons (Fsp3) is 0.550. The van der Waals surface area contributed by atoms with Crippen molar-refractivity contribution in [3.05, 3.63) is 29.8 Å². The molecule has 1 heterocycles. The van der Waals surface area contributed by atoms with E-state index in [1.54, 1.807) is 21.1 Å². The number of carbonyl (C=O) groups excluding carboxylic acids is 2. The van der Waals surface area contributed by atoms with Gasteiger partial charge in [-0.25, -0.2) is 4.99 Å². The van der Waals surface area contributed by atoms with Gasteiger partial charge < -0.3 is 25.6 Å². The average Bonchev–Trinajstić information content (AvgIpc) is 2.69. The summed E-state index contributed by atoms with van der Waals surface area (Å²) in [5.74, 6) is 1.17. The maximum absolute atomic E-state index is 12.1. The van der Waals surface area contributed by atoms with Crippen molar-refractivity contribution in [1.82, 2.24) is 20.9 Å². The van der Waals surface area contributed by atoms with Crippen LogP contribution in [-0.2, 0) is 9.59 Å². The largest absolute Gasteiger partial charge is 0.493 e. The van der Waals surface area contributed by atoms with E-state index in [2.05, 4.69) is 20.9 Å². The first-order chi connectivity index (χ1) is 13.2. The fourth-order valence-electron chi connectivity index (χ4n) is 2.82. The molecule has 1 aliphatic heterocycles. The van der Waals surface area contributed by atoms with Crippen LogP contribution in [0.25, 0.3) is 0 Å². The van der Waals surface area contributed by atoms with Crippen LogP contribution in [0.2, 0.25) is 0 Å². The van der Waals surface area contributed by atoms with Gasteiger partial charge in [0.2, 0.25) is 11.8 Å². The zero-order chi connectivity index (χ0) is 20.7. The van der Waals surface area contributed by atoms with Crippen molar-refractivity contribution in [2.24, 2.45) is 10.4 Å². The Bertz CT molecular complexity index is 737. The Labute approximate surface area is 189 Å². The number of halogens is 1. The first-order valence-electron chi connectivity index (χ1n) is 9.43. The Morgan fingerprint density at radius 3 is 2.62 bits per heavy atom.